The Balaban J connectivity index is 2.46. The van der Waals surface area contributed by atoms with Gasteiger partial charge in [0.2, 0.25) is 5.91 Å². The van der Waals surface area contributed by atoms with Gasteiger partial charge in [-0.2, -0.15) is 0 Å². The average molecular weight is 227 g/mol. The molecule has 1 N–H and O–H groups in total. The molecule has 1 amide bonds. The Morgan fingerprint density at radius 2 is 2.00 bits per heavy atom. The lowest BCUT2D eigenvalue weighted by molar-refractivity contribution is -0.159. The van der Waals surface area contributed by atoms with Gasteiger partial charge in [0.25, 0.3) is 0 Å². The van der Waals surface area contributed by atoms with Crippen LogP contribution >= 0.6 is 0 Å². The second-order valence-electron chi connectivity index (χ2n) is 4.78. The first-order chi connectivity index (χ1) is 7.52. The standard InChI is InChI=1S/C12H21NO3/c1-3-4-8-13(2)10(14)9-12(11(15)16)6-5-7-12/h3-9H2,1-2H3,(H,15,16). The normalized spacial score (nSPS) is 17.6. The Bertz CT molecular complexity index is 271. The maximum Gasteiger partial charge on any atom is 0.310 e. The molecule has 16 heavy (non-hydrogen) atoms. The average Bonchev–Trinajstić information content (AvgIpc) is 2.18. The molecule has 1 aliphatic rings. The van der Waals surface area contributed by atoms with Crippen LogP contribution in [0.25, 0.3) is 0 Å². The lowest BCUT2D eigenvalue weighted by Gasteiger charge is -2.38. The van der Waals surface area contributed by atoms with Crippen molar-refractivity contribution in [2.24, 2.45) is 5.41 Å². The molecular formula is C12H21NO3. The smallest absolute Gasteiger partial charge is 0.310 e. The van der Waals surface area contributed by atoms with E-state index in [0.717, 1.165) is 25.8 Å². The summed E-state index contributed by atoms with van der Waals surface area (Å²) in [5, 5.41) is 9.12. The summed E-state index contributed by atoms with van der Waals surface area (Å²) in [7, 11) is 1.76. The lowest BCUT2D eigenvalue weighted by Crippen LogP contribution is -2.43. The van der Waals surface area contributed by atoms with Gasteiger partial charge in [-0.1, -0.05) is 19.8 Å². The molecule has 92 valence electrons. The molecule has 0 aromatic rings. The number of hydrogen-bond donors (Lipinski definition) is 1. The van der Waals surface area contributed by atoms with Crippen molar-refractivity contribution in [1.29, 1.82) is 0 Å². The number of rotatable bonds is 6. The highest BCUT2D eigenvalue weighted by Gasteiger charge is 2.46. The van der Waals surface area contributed by atoms with Crippen LogP contribution in [-0.2, 0) is 9.59 Å². The summed E-state index contributed by atoms with van der Waals surface area (Å²) in [6, 6.07) is 0. The molecule has 0 heterocycles. The molecule has 0 aromatic heterocycles. The molecule has 1 saturated carbocycles. The quantitative estimate of drug-likeness (QED) is 0.753. The van der Waals surface area contributed by atoms with Gasteiger partial charge in [-0.3, -0.25) is 9.59 Å². The Hall–Kier alpha value is -1.06. The highest BCUT2D eigenvalue weighted by atomic mass is 16.4. The van der Waals surface area contributed by atoms with Crippen molar-refractivity contribution in [1.82, 2.24) is 4.90 Å². The van der Waals surface area contributed by atoms with Crippen LogP contribution in [0.1, 0.15) is 45.4 Å². The fraction of sp³-hybridized carbons (Fsp3) is 0.833. The summed E-state index contributed by atoms with van der Waals surface area (Å²) < 4.78 is 0. The third kappa shape index (κ3) is 2.74. The van der Waals surface area contributed by atoms with E-state index in [2.05, 4.69) is 6.92 Å². The van der Waals surface area contributed by atoms with Crippen LogP contribution in [-0.4, -0.2) is 35.5 Å². The highest BCUT2D eigenvalue weighted by molar-refractivity contribution is 5.85. The van der Waals surface area contributed by atoms with Crippen molar-refractivity contribution in [2.75, 3.05) is 13.6 Å². The van der Waals surface area contributed by atoms with Gasteiger partial charge in [0.05, 0.1) is 5.41 Å². The number of unbranched alkanes of at least 4 members (excludes halogenated alkanes) is 1. The van der Waals surface area contributed by atoms with Gasteiger partial charge in [0.15, 0.2) is 0 Å². The summed E-state index contributed by atoms with van der Waals surface area (Å²) in [5.41, 5.74) is -0.752. The van der Waals surface area contributed by atoms with Crippen LogP contribution in [0.15, 0.2) is 0 Å². The Morgan fingerprint density at radius 3 is 2.38 bits per heavy atom. The molecule has 0 aliphatic heterocycles. The van der Waals surface area contributed by atoms with E-state index >= 15 is 0 Å². The van der Waals surface area contributed by atoms with Crippen molar-refractivity contribution in [3.05, 3.63) is 0 Å². The van der Waals surface area contributed by atoms with Gasteiger partial charge >= 0.3 is 5.97 Å². The van der Waals surface area contributed by atoms with E-state index in [1.807, 2.05) is 0 Å². The number of carbonyl (C=O) groups excluding carboxylic acids is 1. The molecule has 1 rings (SSSR count). The number of nitrogens with zero attached hydrogens (tertiary/aromatic N) is 1. The number of aliphatic carboxylic acids is 1. The van der Waals surface area contributed by atoms with Gasteiger partial charge in [-0.15, -0.1) is 0 Å². The van der Waals surface area contributed by atoms with Gasteiger partial charge in [-0.25, -0.2) is 0 Å². The second-order valence-corrected chi connectivity index (χ2v) is 4.78. The van der Waals surface area contributed by atoms with E-state index in [1.54, 1.807) is 11.9 Å². The monoisotopic (exact) mass is 227 g/mol. The highest BCUT2D eigenvalue weighted by Crippen LogP contribution is 2.44. The summed E-state index contributed by atoms with van der Waals surface area (Å²) in [6.07, 6.45) is 4.41. The number of hydrogen-bond acceptors (Lipinski definition) is 2. The van der Waals surface area contributed by atoms with Crippen LogP contribution in [0.5, 0.6) is 0 Å². The molecule has 0 aromatic carbocycles. The molecule has 0 spiro atoms. The number of carbonyl (C=O) groups is 2. The third-order valence-corrected chi connectivity index (χ3v) is 3.53. The van der Waals surface area contributed by atoms with Crippen LogP contribution < -0.4 is 0 Å². The number of carboxylic acid groups (broad SMARTS) is 1. The van der Waals surface area contributed by atoms with E-state index in [-0.39, 0.29) is 12.3 Å². The first kappa shape index (κ1) is 13.0. The first-order valence-electron chi connectivity index (χ1n) is 5.99. The minimum Gasteiger partial charge on any atom is -0.481 e. The molecule has 0 saturated heterocycles. The zero-order chi connectivity index (χ0) is 12.2. The van der Waals surface area contributed by atoms with Crippen molar-refractivity contribution in [3.63, 3.8) is 0 Å². The van der Waals surface area contributed by atoms with Crippen molar-refractivity contribution in [3.8, 4) is 0 Å². The summed E-state index contributed by atoms with van der Waals surface area (Å²) in [4.78, 5) is 24.6. The minimum absolute atomic E-state index is 0.0319. The predicted molar refractivity (Wildman–Crippen MR) is 61.1 cm³/mol. The molecule has 4 heteroatoms. The zero-order valence-corrected chi connectivity index (χ0v) is 10.2. The summed E-state index contributed by atoms with van der Waals surface area (Å²) >= 11 is 0. The van der Waals surface area contributed by atoms with Gasteiger partial charge in [0, 0.05) is 20.0 Å². The van der Waals surface area contributed by atoms with Crippen LogP contribution in [0.3, 0.4) is 0 Å². The fourth-order valence-corrected chi connectivity index (χ4v) is 2.01. The maximum atomic E-state index is 11.8. The van der Waals surface area contributed by atoms with E-state index in [9.17, 15) is 9.59 Å². The Morgan fingerprint density at radius 1 is 1.38 bits per heavy atom. The topological polar surface area (TPSA) is 57.6 Å². The fourth-order valence-electron chi connectivity index (χ4n) is 2.01. The molecule has 0 radical (unpaired) electrons. The molecule has 0 bridgehead atoms. The van der Waals surface area contributed by atoms with E-state index in [1.165, 1.54) is 0 Å². The second kappa shape index (κ2) is 5.32. The Kier molecular flexibility index (Phi) is 4.33. The zero-order valence-electron chi connectivity index (χ0n) is 10.2. The molecule has 0 atom stereocenters. The van der Waals surface area contributed by atoms with E-state index in [0.29, 0.717) is 12.8 Å². The molecule has 0 unspecified atom stereocenters. The van der Waals surface area contributed by atoms with Crippen molar-refractivity contribution >= 4 is 11.9 Å². The molecule has 1 fully saturated rings. The van der Waals surface area contributed by atoms with Crippen LogP contribution in [0, 0.1) is 5.41 Å². The third-order valence-electron chi connectivity index (χ3n) is 3.53. The van der Waals surface area contributed by atoms with Crippen molar-refractivity contribution in [2.45, 2.75) is 45.4 Å². The summed E-state index contributed by atoms with van der Waals surface area (Å²) in [6.45, 7) is 2.80. The number of amides is 1. The summed E-state index contributed by atoms with van der Waals surface area (Å²) in [5.74, 6) is -0.841. The lowest BCUT2D eigenvalue weighted by atomic mass is 9.66. The van der Waals surface area contributed by atoms with Gasteiger partial charge in [-0.05, 0) is 19.3 Å². The first-order valence-corrected chi connectivity index (χ1v) is 5.99. The van der Waals surface area contributed by atoms with Crippen molar-refractivity contribution < 1.29 is 14.7 Å². The predicted octanol–water partition coefficient (Wildman–Crippen LogP) is 1.89. The molecule has 4 nitrogen and oxygen atoms in total. The largest absolute Gasteiger partial charge is 0.481 e. The van der Waals surface area contributed by atoms with Gasteiger partial charge < -0.3 is 10.0 Å². The number of carboxylic acids is 1. The SMILES string of the molecule is CCCCN(C)C(=O)CC1(C(=O)O)CCC1. The Labute approximate surface area is 96.6 Å². The minimum atomic E-state index is -0.809. The van der Waals surface area contributed by atoms with E-state index < -0.39 is 11.4 Å². The van der Waals surface area contributed by atoms with Crippen LogP contribution in [0.2, 0.25) is 0 Å². The van der Waals surface area contributed by atoms with Gasteiger partial charge in [0.1, 0.15) is 0 Å². The molecular weight excluding hydrogens is 206 g/mol. The maximum absolute atomic E-state index is 11.8. The van der Waals surface area contributed by atoms with E-state index in [4.69, 9.17) is 5.11 Å². The van der Waals surface area contributed by atoms with Crippen LogP contribution in [0.4, 0.5) is 0 Å². The molecule has 1 aliphatic carbocycles.